The molecule has 4 nitrogen and oxygen atoms in total. The molecule has 1 aliphatic rings. The van der Waals surface area contributed by atoms with Crippen LogP contribution in [0.25, 0.3) is 0 Å². The third-order valence-electron chi connectivity index (χ3n) is 3.05. The summed E-state index contributed by atoms with van der Waals surface area (Å²) >= 11 is 0. The Bertz CT molecular complexity index is 449. The van der Waals surface area contributed by atoms with Gasteiger partial charge in [-0.05, 0) is 25.5 Å². The standard InChI is InChI=1S/C13H17FN2O2/c1-9(17)13-10(14)4-2-5-11(13)16-7-3-6-15-12(18)8-16/h2,4-5,9,17H,3,6-8H2,1H3,(H,15,18). The summed E-state index contributed by atoms with van der Waals surface area (Å²) in [5.74, 6) is -0.513. The van der Waals surface area contributed by atoms with Crippen molar-refractivity contribution in [2.24, 2.45) is 0 Å². The lowest BCUT2D eigenvalue weighted by Gasteiger charge is -2.25. The maximum absolute atomic E-state index is 13.8. The predicted octanol–water partition coefficient (Wildman–Crippen LogP) is 1.21. The fraction of sp³-hybridized carbons (Fsp3) is 0.462. The highest BCUT2D eigenvalue weighted by Gasteiger charge is 2.21. The third-order valence-corrected chi connectivity index (χ3v) is 3.05. The summed E-state index contributed by atoms with van der Waals surface area (Å²) in [5, 5.41) is 12.5. The smallest absolute Gasteiger partial charge is 0.239 e. The first-order valence-corrected chi connectivity index (χ1v) is 6.07. The number of hydrogen-bond donors (Lipinski definition) is 2. The summed E-state index contributed by atoms with van der Waals surface area (Å²) in [6.45, 7) is 3.03. The normalized spacial score (nSPS) is 18.2. The van der Waals surface area contributed by atoms with Gasteiger partial charge in [0.15, 0.2) is 0 Å². The monoisotopic (exact) mass is 252 g/mol. The van der Waals surface area contributed by atoms with E-state index in [-0.39, 0.29) is 18.0 Å². The zero-order valence-corrected chi connectivity index (χ0v) is 10.3. The number of anilines is 1. The molecule has 1 saturated heterocycles. The van der Waals surface area contributed by atoms with E-state index in [1.807, 2.05) is 4.90 Å². The molecule has 0 aromatic heterocycles. The van der Waals surface area contributed by atoms with Gasteiger partial charge in [0.05, 0.1) is 12.6 Å². The summed E-state index contributed by atoms with van der Waals surface area (Å²) < 4.78 is 13.8. The molecule has 5 heteroatoms. The van der Waals surface area contributed by atoms with Gasteiger partial charge in [-0.15, -0.1) is 0 Å². The molecule has 2 N–H and O–H groups in total. The number of amides is 1. The van der Waals surface area contributed by atoms with Crippen molar-refractivity contribution in [2.75, 3.05) is 24.5 Å². The van der Waals surface area contributed by atoms with Crippen LogP contribution in [0, 0.1) is 5.82 Å². The number of hydrogen-bond acceptors (Lipinski definition) is 3. The molecular weight excluding hydrogens is 235 g/mol. The van der Waals surface area contributed by atoms with E-state index in [4.69, 9.17) is 0 Å². The van der Waals surface area contributed by atoms with Gasteiger partial charge in [-0.2, -0.15) is 0 Å². The van der Waals surface area contributed by atoms with E-state index < -0.39 is 11.9 Å². The Morgan fingerprint density at radius 1 is 1.50 bits per heavy atom. The average Bonchev–Trinajstić information content (AvgIpc) is 2.53. The molecule has 1 atom stereocenters. The van der Waals surface area contributed by atoms with E-state index in [2.05, 4.69) is 5.32 Å². The highest BCUT2D eigenvalue weighted by Crippen LogP contribution is 2.29. The van der Waals surface area contributed by atoms with Crippen molar-refractivity contribution in [3.05, 3.63) is 29.6 Å². The van der Waals surface area contributed by atoms with E-state index in [0.29, 0.717) is 18.8 Å². The van der Waals surface area contributed by atoms with Crippen LogP contribution in [0.15, 0.2) is 18.2 Å². The number of nitrogens with zero attached hydrogens (tertiary/aromatic N) is 1. The Morgan fingerprint density at radius 3 is 3.00 bits per heavy atom. The van der Waals surface area contributed by atoms with Gasteiger partial charge in [0.1, 0.15) is 5.82 Å². The van der Waals surface area contributed by atoms with Crippen molar-refractivity contribution in [3.63, 3.8) is 0 Å². The van der Waals surface area contributed by atoms with Crippen LogP contribution in [0.5, 0.6) is 0 Å². The molecule has 98 valence electrons. The number of carbonyl (C=O) groups excluding carboxylic acids is 1. The Hall–Kier alpha value is -1.62. The topological polar surface area (TPSA) is 52.6 Å². The Kier molecular flexibility index (Phi) is 3.81. The lowest BCUT2D eigenvalue weighted by molar-refractivity contribution is -0.119. The van der Waals surface area contributed by atoms with Crippen LogP contribution < -0.4 is 10.2 Å². The number of carbonyl (C=O) groups is 1. The van der Waals surface area contributed by atoms with Gasteiger partial charge in [-0.3, -0.25) is 4.79 Å². The molecule has 1 fully saturated rings. The van der Waals surface area contributed by atoms with Crippen molar-refractivity contribution in [1.29, 1.82) is 0 Å². The molecule has 1 aromatic carbocycles. The molecule has 1 unspecified atom stereocenters. The first kappa shape index (κ1) is 12.8. The van der Waals surface area contributed by atoms with Gasteiger partial charge in [0.2, 0.25) is 5.91 Å². The van der Waals surface area contributed by atoms with Crippen LogP contribution >= 0.6 is 0 Å². The van der Waals surface area contributed by atoms with Gasteiger partial charge in [-0.1, -0.05) is 6.07 Å². The number of rotatable bonds is 2. The van der Waals surface area contributed by atoms with Crippen LogP contribution in [0.4, 0.5) is 10.1 Å². The van der Waals surface area contributed by atoms with Crippen molar-refractivity contribution < 1.29 is 14.3 Å². The van der Waals surface area contributed by atoms with Gasteiger partial charge >= 0.3 is 0 Å². The highest BCUT2D eigenvalue weighted by molar-refractivity contribution is 5.82. The summed E-state index contributed by atoms with van der Waals surface area (Å²) in [6.07, 6.45) is -0.0888. The quantitative estimate of drug-likeness (QED) is 0.831. The summed E-state index contributed by atoms with van der Waals surface area (Å²) in [5.41, 5.74) is 0.856. The van der Waals surface area contributed by atoms with Crippen molar-refractivity contribution in [2.45, 2.75) is 19.4 Å². The summed E-state index contributed by atoms with van der Waals surface area (Å²) in [4.78, 5) is 13.3. The maximum Gasteiger partial charge on any atom is 0.239 e. The average molecular weight is 252 g/mol. The first-order valence-electron chi connectivity index (χ1n) is 6.07. The minimum absolute atomic E-state index is 0.0756. The van der Waals surface area contributed by atoms with Crippen LogP contribution in [-0.4, -0.2) is 30.6 Å². The Labute approximate surface area is 105 Å². The van der Waals surface area contributed by atoms with Gasteiger partial charge < -0.3 is 15.3 Å². The highest BCUT2D eigenvalue weighted by atomic mass is 19.1. The SMILES string of the molecule is CC(O)c1c(F)cccc1N1CCCNC(=O)C1. The molecule has 2 rings (SSSR count). The van der Waals surface area contributed by atoms with Crippen LogP contribution in [0.2, 0.25) is 0 Å². The molecule has 1 heterocycles. The second-order valence-electron chi connectivity index (χ2n) is 4.47. The van der Waals surface area contributed by atoms with Crippen LogP contribution in [0.3, 0.4) is 0 Å². The summed E-state index contributed by atoms with van der Waals surface area (Å²) in [6, 6.07) is 4.66. The van der Waals surface area contributed by atoms with E-state index in [9.17, 15) is 14.3 Å². The van der Waals surface area contributed by atoms with Crippen molar-refractivity contribution in [1.82, 2.24) is 5.32 Å². The fourth-order valence-electron chi connectivity index (χ4n) is 2.23. The van der Waals surface area contributed by atoms with E-state index in [1.165, 1.54) is 13.0 Å². The molecule has 0 radical (unpaired) electrons. The number of aliphatic hydroxyl groups excluding tert-OH is 1. The number of aliphatic hydroxyl groups is 1. The third kappa shape index (κ3) is 2.61. The van der Waals surface area contributed by atoms with E-state index >= 15 is 0 Å². The maximum atomic E-state index is 13.8. The lowest BCUT2D eigenvalue weighted by atomic mass is 10.1. The fourth-order valence-corrected chi connectivity index (χ4v) is 2.23. The predicted molar refractivity (Wildman–Crippen MR) is 66.9 cm³/mol. The zero-order valence-electron chi connectivity index (χ0n) is 10.3. The molecule has 1 aliphatic heterocycles. The van der Waals surface area contributed by atoms with Crippen LogP contribution in [0.1, 0.15) is 25.0 Å². The van der Waals surface area contributed by atoms with Gasteiger partial charge in [0, 0.05) is 24.3 Å². The lowest BCUT2D eigenvalue weighted by Crippen LogP contribution is -2.33. The zero-order chi connectivity index (χ0) is 13.1. The van der Waals surface area contributed by atoms with E-state index in [0.717, 1.165) is 6.42 Å². The molecule has 1 amide bonds. The molecule has 18 heavy (non-hydrogen) atoms. The van der Waals surface area contributed by atoms with Crippen molar-refractivity contribution >= 4 is 11.6 Å². The largest absolute Gasteiger partial charge is 0.389 e. The second-order valence-corrected chi connectivity index (χ2v) is 4.47. The molecule has 1 aromatic rings. The second kappa shape index (κ2) is 5.35. The molecule has 0 bridgehead atoms. The molecule has 0 saturated carbocycles. The molecule has 0 spiro atoms. The van der Waals surface area contributed by atoms with Gasteiger partial charge in [-0.25, -0.2) is 4.39 Å². The minimum Gasteiger partial charge on any atom is -0.389 e. The van der Waals surface area contributed by atoms with Gasteiger partial charge in [0.25, 0.3) is 0 Å². The van der Waals surface area contributed by atoms with Crippen LogP contribution in [-0.2, 0) is 4.79 Å². The number of benzene rings is 1. The number of nitrogens with one attached hydrogen (secondary N) is 1. The Morgan fingerprint density at radius 2 is 2.28 bits per heavy atom. The van der Waals surface area contributed by atoms with E-state index in [1.54, 1.807) is 12.1 Å². The Balaban J connectivity index is 2.37. The molecular formula is C13H17FN2O2. The molecule has 0 aliphatic carbocycles. The summed E-state index contributed by atoms with van der Waals surface area (Å²) in [7, 11) is 0. The van der Waals surface area contributed by atoms with Crippen molar-refractivity contribution in [3.8, 4) is 0 Å². The number of halogens is 1. The first-order chi connectivity index (χ1) is 8.59. The minimum atomic E-state index is -0.896.